The molecule has 0 heterocycles. The van der Waals surface area contributed by atoms with Gasteiger partial charge in [-0.3, -0.25) is 4.79 Å². The highest BCUT2D eigenvalue weighted by molar-refractivity contribution is 5.66. The molecule has 0 spiro atoms. The molecule has 1 aromatic carbocycles. The van der Waals surface area contributed by atoms with Crippen LogP contribution in [0.4, 0.5) is 0 Å². The second kappa shape index (κ2) is 12.9. The maximum atomic E-state index is 10.4. The van der Waals surface area contributed by atoms with Crippen LogP contribution < -0.4 is 10.1 Å². The molecule has 0 amide bonds. The summed E-state index contributed by atoms with van der Waals surface area (Å²) in [5.74, 6) is 0.123. The number of hydrogen-bond donors (Lipinski definition) is 2. The van der Waals surface area contributed by atoms with Crippen molar-refractivity contribution in [2.24, 2.45) is 0 Å². The SMILES string of the molecule is CCCCCCCCCOc1cccc(CNCCC(=O)O)c1. The van der Waals surface area contributed by atoms with Crippen LogP contribution in [0.1, 0.15) is 63.9 Å². The molecule has 1 aromatic rings. The summed E-state index contributed by atoms with van der Waals surface area (Å²) < 4.78 is 5.80. The average molecular weight is 321 g/mol. The normalized spacial score (nSPS) is 10.7. The summed E-state index contributed by atoms with van der Waals surface area (Å²) in [4.78, 5) is 10.4. The third kappa shape index (κ3) is 10.7. The highest BCUT2D eigenvalue weighted by Crippen LogP contribution is 2.14. The van der Waals surface area contributed by atoms with Crippen LogP contribution in [0, 0.1) is 0 Å². The van der Waals surface area contributed by atoms with Crippen LogP contribution >= 0.6 is 0 Å². The van der Waals surface area contributed by atoms with E-state index in [0.717, 1.165) is 24.3 Å². The predicted molar refractivity (Wildman–Crippen MR) is 93.9 cm³/mol. The van der Waals surface area contributed by atoms with E-state index in [1.807, 2.05) is 24.3 Å². The zero-order valence-electron chi connectivity index (χ0n) is 14.4. The van der Waals surface area contributed by atoms with Gasteiger partial charge in [0, 0.05) is 13.1 Å². The van der Waals surface area contributed by atoms with E-state index in [1.54, 1.807) is 0 Å². The van der Waals surface area contributed by atoms with Gasteiger partial charge in [0.15, 0.2) is 0 Å². The minimum absolute atomic E-state index is 0.147. The van der Waals surface area contributed by atoms with Crippen LogP contribution in [0.5, 0.6) is 5.75 Å². The Labute approximate surface area is 140 Å². The fourth-order valence-electron chi connectivity index (χ4n) is 2.42. The Kier molecular flexibility index (Phi) is 11.0. The molecule has 1 rings (SSSR count). The number of ether oxygens (including phenoxy) is 1. The summed E-state index contributed by atoms with van der Waals surface area (Å²) in [7, 11) is 0. The first-order valence-electron chi connectivity index (χ1n) is 8.86. The van der Waals surface area contributed by atoms with Crippen LogP contribution in [0.2, 0.25) is 0 Å². The van der Waals surface area contributed by atoms with Gasteiger partial charge in [0.25, 0.3) is 0 Å². The third-order valence-corrected chi connectivity index (χ3v) is 3.76. The molecule has 0 aliphatic rings. The third-order valence-electron chi connectivity index (χ3n) is 3.76. The monoisotopic (exact) mass is 321 g/mol. The summed E-state index contributed by atoms with van der Waals surface area (Å²) in [6.07, 6.45) is 9.13. The Morgan fingerprint density at radius 1 is 1.13 bits per heavy atom. The first kappa shape index (κ1) is 19.5. The quantitative estimate of drug-likeness (QED) is 0.499. The van der Waals surface area contributed by atoms with E-state index in [4.69, 9.17) is 9.84 Å². The van der Waals surface area contributed by atoms with Gasteiger partial charge in [0.1, 0.15) is 5.75 Å². The van der Waals surface area contributed by atoms with Gasteiger partial charge in [-0.15, -0.1) is 0 Å². The number of nitrogens with one attached hydrogen (secondary N) is 1. The number of carboxylic acids is 1. The number of benzene rings is 1. The molecule has 23 heavy (non-hydrogen) atoms. The van der Waals surface area contributed by atoms with Crippen molar-refractivity contribution in [3.8, 4) is 5.75 Å². The van der Waals surface area contributed by atoms with E-state index in [-0.39, 0.29) is 6.42 Å². The summed E-state index contributed by atoms with van der Waals surface area (Å²) in [6.45, 7) is 4.16. The lowest BCUT2D eigenvalue weighted by Crippen LogP contribution is -2.17. The zero-order chi connectivity index (χ0) is 16.8. The van der Waals surface area contributed by atoms with Crippen molar-refractivity contribution in [1.82, 2.24) is 5.32 Å². The Bertz CT molecular complexity index is 434. The van der Waals surface area contributed by atoms with Crippen molar-refractivity contribution < 1.29 is 14.6 Å². The molecular weight excluding hydrogens is 290 g/mol. The molecule has 0 unspecified atom stereocenters. The molecule has 0 fully saturated rings. The number of rotatable bonds is 14. The topological polar surface area (TPSA) is 58.6 Å². The van der Waals surface area contributed by atoms with E-state index in [2.05, 4.69) is 12.2 Å². The Balaban J connectivity index is 2.12. The Hall–Kier alpha value is -1.55. The molecule has 0 aliphatic carbocycles. The molecule has 130 valence electrons. The molecule has 0 saturated heterocycles. The second-order valence-corrected chi connectivity index (χ2v) is 5.94. The Morgan fingerprint density at radius 3 is 2.61 bits per heavy atom. The van der Waals surface area contributed by atoms with Gasteiger partial charge in [-0.2, -0.15) is 0 Å². The van der Waals surface area contributed by atoms with Crippen LogP contribution in [0.3, 0.4) is 0 Å². The molecule has 2 N–H and O–H groups in total. The number of hydrogen-bond acceptors (Lipinski definition) is 3. The standard InChI is InChI=1S/C19H31NO3/c1-2-3-4-5-6-7-8-14-23-18-11-9-10-17(15-18)16-20-13-12-19(21)22/h9-11,15,20H,2-8,12-14,16H2,1H3,(H,21,22). The number of aliphatic carboxylic acids is 1. The predicted octanol–water partition coefficient (Wildman–Crippen LogP) is 4.38. The number of carboxylic acid groups (broad SMARTS) is 1. The first-order valence-corrected chi connectivity index (χ1v) is 8.86. The van der Waals surface area contributed by atoms with Gasteiger partial charge in [-0.25, -0.2) is 0 Å². The second-order valence-electron chi connectivity index (χ2n) is 5.94. The van der Waals surface area contributed by atoms with Gasteiger partial charge >= 0.3 is 5.97 Å². The van der Waals surface area contributed by atoms with Crippen molar-refractivity contribution in [2.75, 3.05) is 13.2 Å². The smallest absolute Gasteiger partial charge is 0.304 e. The lowest BCUT2D eigenvalue weighted by atomic mass is 10.1. The number of carbonyl (C=O) groups is 1. The molecule has 0 saturated carbocycles. The van der Waals surface area contributed by atoms with Crippen LogP contribution in [0.25, 0.3) is 0 Å². The largest absolute Gasteiger partial charge is 0.494 e. The highest BCUT2D eigenvalue weighted by atomic mass is 16.5. The Morgan fingerprint density at radius 2 is 1.87 bits per heavy atom. The van der Waals surface area contributed by atoms with E-state index < -0.39 is 5.97 Å². The van der Waals surface area contributed by atoms with Crippen molar-refractivity contribution >= 4 is 5.97 Å². The fourth-order valence-corrected chi connectivity index (χ4v) is 2.42. The van der Waals surface area contributed by atoms with Crippen molar-refractivity contribution in [2.45, 2.75) is 64.8 Å². The van der Waals surface area contributed by atoms with Crippen LogP contribution in [0.15, 0.2) is 24.3 Å². The zero-order valence-corrected chi connectivity index (χ0v) is 14.4. The van der Waals surface area contributed by atoms with E-state index in [0.29, 0.717) is 13.1 Å². The maximum absolute atomic E-state index is 10.4. The van der Waals surface area contributed by atoms with E-state index in [1.165, 1.54) is 38.5 Å². The van der Waals surface area contributed by atoms with Gasteiger partial charge in [0.05, 0.1) is 13.0 Å². The summed E-state index contributed by atoms with van der Waals surface area (Å²) in [6, 6.07) is 8.00. The molecule has 4 nitrogen and oxygen atoms in total. The molecule has 0 atom stereocenters. The minimum atomic E-state index is -0.774. The molecule has 0 aromatic heterocycles. The molecule has 0 bridgehead atoms. The summed E-state index contributed by atoms with van der Waals surface area (Å²) in [5.41, 5.74) is 1.12. The highest BCUT2D eigenvalue weighted by Gasteiger charge is 1.99. The average Bonchev–Trinajstić information content (AvgIpc) is 2.54. The van der Waals surface area contributed by atoms with E-state index >= 15 is 0 Å². The van der Waals surface area contributed by atoms with Crippen molar-refractivity contribution in [1.29, 1.82) is 0 Å². The van der Waals surface area contributed by atoms with Crippen molar-refractivity contribution in [3.05, 3.63) is 29.8 Å². The maximum Gasteiger partial charge on any atom is 0.304 e. The first-order chi connectivity index (χ1) is 11.2. The summed E-state index contributed by atoms with van der Waals surface area (Å²) in [5, 5.41) is 11.7. The van der Waals surface area contributed by atoms with Gasteiger partial charge in [-0.1, -0.05) is 57.6 Å². The van der Waals surface area contributed by atoms with Crippen LogP contribution in [-0.2, 0) is 11.3 Å². The lowest BCUT2D eigenvalue weighted by molar-refractivity contribution is -0.136. The van der Waals surface area contributed by atoms with Gasteiger partial charge < -0.3 is 15.2 Å². The fraction of sp³-hybridized carbons (Fsp3) is 0.632. The van der Waals surface area contributed by atoms with E-state index in [9.17, 15) is 4.79 Å². The van der Waals surface area contributed by atoms with Crippen LogP contribution in [-0.4, -0.2) is 24.2 Å². The molecular formula is C19H31NO3. The molecule has 0 aliphatic heterocycles. The van der Waals surface area contributed by atoms with Crippen molar-refractivity contribution in [3.63, 3.8) is 0 Å². The summed E-state index contributed by atoms with van der Waals surface area (Å²) >= 11 is 0. The number of unbranched alkanes of at least 4 members (excludes halogenated alkanes) is 6. The molecule has 0 radical (unpaired) electrons. The molecule has 4 heteroatoms. The van der Waals surface area contributed by atoms with Gasteiger partial charge in [0.2, 0.25) is 0 Å². The minimum Gasteiger partial charge on any atom is -0.494 e. The van der Waals surface area contributed by atoms with Gasteiger partial charge in [-0.05, 0) is 24.1 Å². The lowest BCUT2D eigenvalue weighted by Gasteiger charge is -2.09.